The number of hydrogen-bond acceptors (Lipinski definition) is 4. The monoisotopic (exact) mass is 371 g/mol. The highest BCUT2D eigenvalue weighted by Gasteiger charge is 2.32. The average molecular weight is 371 g/mol. The molecule has 3 rings (SSSR count). The van der Waals surface area contributed by atoms with Crippen LogP contribution >= 0.6 is 0 Å². The van der Waals surface area contributed by atoms with Crippen molar-refractivity contribution >= 4 is 12.0 Å². The molecule has 6 nitrogen and oxygen atoms in total. The van der Waals surface area contributed by atoms with E-state index in [2.05, 4.69) is 10.6 Å². The lowest BCUT2D eigenvalue weighted by molar-refractivity contribution is -0.137. The minimum absolute atomic E-state index is 0.0266. The van der Waals surface area contributed by atoms with Crippen molar-refractivity contribution in [3.8, 4) is 0 Å². The highest BCUT2D eigenvalue weighted by atomic mass is 19.4. The molecule has 2 amide bonds. The number of likely N-dealkylation sites (tertiary alicyclic amines) is 1. The summed E-state index contributed by atoms with van der Waals surface area (Å²) in [5.74, 6) is 0.0266. The zero-order chi connectivity index (χ0) is 18.7. The Morgan fingerprint density at radius 3 is 2.54 bits per heavy atom. The van der Waals surface area contributed by atoms with Crippen LogP contribution in [0.2, 0.25) is 0 Å². The van der Waals surface area contributed by atoms with Crippen LogP contribution in [0.3, 0.4) is 0 Å². The third-order valence-corrected chi connectivity index (χ3v) is 4.55. The van der Waals surface area contributed by atoms with Crippen molar-refractivity contribution in [1.82, 2.24) is 15.5 Å². The molecule has 0 spiro atoms. The van der Waals surface area contributed by atoms with Crippen LogP contribution < -0.4 is 10.6 Å². The van der Waals surface area contributed by atoms with Gasteiger partial charge in [-0.15, -0.1) is 0 Å². The summed E-state index contributed by atoms with van der Waals surface area (Å²) in [6.07, 6.45) is -3.88. The number of ether oxygens (including phenoxy) is 1. The third kappa shape index (κ3) is 4.66. The van der Waals surface area contributed by atoms with Crippen LogP contribution in [0.4, 0.5) is 18.0 Å². The molecule has 26 heavy (non-hydrogen) atoms. The van der Waals surface area contributed by atoms with Crippen LogP contribution in [0.25, 0.3) is 0 Å². The molecule has 0 bridgehead atoms. The largest absolute Gasteiger partial charge is 0.447 e. The fraction of sp³-hybridized carbons (Fsp3) is 0.529. The first-order chi connectivity index (χ1) is 12.3. The number of carbonyl (C=O) groups excluding carboxylic acids is 2. The first-order valence-electron chi connectivity index (χ1n) is 8.42. The number of cyclic esters (lactones) is 1. The molecule has 2 N–H and O–H groups in total. The topological polar surface area (TPSA) is 70.7 Å². The van der Waals surface area contributed by atoms with Gasteiger partial charge < -0.3 is 20.3 Å². The number of carbonyl (C=O) groups is 2. The lowest BCUT2D eigenvalue weighted by atomic mass is 10.1. The Hall–Kier alpha value is -2.29. The van der Waals surface area contributed by atoms with E-state index >= 15 is 0 Å². The molecule has 0 aliphatic carbocycles. The lowest BCUT2D eigenvalue weighted by Gasteiger charge is -2.40. The molecule has 0 unspecified atom stereocenters. The van der Waals surface area contributed by atoms with Crippen molar-refractivity contribution < 1.29 is 27.5 Å². The first kappa shape index (κ1) is 18.5. The number of amides is 2. The van der Waals surface area contributed by atoms with Gasteiger partial charge in [0.2, 0.25) is 5.91 Å². The number of hydrogen-bond donors (Lipinski definition) is 2. The molecule has 2 aliphatic heterocycles. The maximum absolute atomic E-state index is 12.5. The van der Waals surface area contributed by atoms with Gasteiger partial charge in [-0.2, -0.15) is 13.2 Å². The fourth-order valence-corrected chi connectivity index (χ4v) is 2.92. The van der Waals surface area contributed by atoms with E-state index in [1.165, 1.54) is 12.1 Å². The summed E-state index contributed by atoms with van der Waals surface area (Å²) in [5.41, 5.74) is 0.102. The standard InChI is InChI=1S/C17H20F3N3O3/c18-17(19,20)12-3-1-11(2-4-12)7-21-14-8-23(9-14)15(24)6-5-13-10-26-16(25)22-13/h1-4,13-14,21H,5-10H2,(H,22,25)/t13-/m1/s1. The predicted molar refractivity (Wildman–Crippen MR) is 86.2 cm³/mol. The summed E-state index contributed by atoms with van der Waals surface area (Å²) in [4.78, 5) is 24.7. The van der Waals surface area contributed by atoms with E-state index in [1.807, 2.05) is 0 Å². The van der Waals surface area contributed by atoms with E-state index in [-0.39, 0.29) is 18.0 Å². The summed E-state index contributed by atoms with van der Waals surface area (Å²) in [7, 11) is 0. The number of nitrogens with zero attached hydrogens (tertiary/aromatic N) is 1. The van der Waals surface area contributed by atoms with Crippen molar-refractivity contribution in [3.05, 3.63) is 35.4 Å². The van der Waals surface area contributed by atoms with Crippen LogP contribution in [0.15, 0.2) is 24.3 Å². The van der Waals surface area contributed by atoms with Gasteiger partial charge in [0.25, 0.3) is 0 Å². The Balaban J connectivity index is 1.33. The number of halogens is 3. The normalized spacial score (nSPS) is 20.5. The lowest BCUT2D eigenvalue weighted by Crippen LogP contribution is -2.59. The predicted octanol–water partition coefficient (Wildman–Crippen LogP) is 1.89. The maximum atomic E-state index is 12.5. The highest BCUT2D eigenvalue weighted by Crippen LogP contribution is 2.29. The van der Waals surface area contributed by atoms with Crippen LogP contribution in [-0.4, -0.2) is 48.7 Å². The Labute approximate surface area is 148 Å². The minimum Gasteiger partial charge on any atom is -0.447 e. The molecule has 2 saturated heterocycles. The van der Waals surface area contributed by atoms with Crippen molar-refractivity contribution in [3.63, 3.8) is 0 Å². The van der Waals surface area contributed by atoms with E-state index < -0.39 is 17.8 Å². The number of rotatable bonds is 6. The molecule has 1 aromatic rings. The van der Waals surface area contributed by atoms with Crippen molar-refractivity contribution in [2.75, 3.05) is 19.7 Å². The summed E-state index contributed by atoms with van der Waals surface area (Å²) in [6.45, 7) is 1.90. The molecule has 142 valence electrons. The quantitative estimate of drug-likeness (QED) is 0.801. The van der Waals surface area contributed by atoms with Crippen LogP contribution in [0.1, 0.15) is 24.0 Å². The molecule has 0 saturated carbocycles. The molecule has 2 aliphatic rings. The third-order valence-electron chi connectivity index (χ3n) is 4.55. The van der Waals surface area contributed by atoms with Gasteiger partial charge in [0.15, 0.2) is 0 Å². The minimum atomic E-state index is -4.33. The molecule has 0 aromatic heterocycles. The number of benzene rings is 1. The molecule has 1 atom stereocenters. The van der Waals surface area contributed by atoms with E-state index in [0.29, 0.717) is 39.1 Å². The second-order valence-corrected chi connectivity index (χ2v) is 6.55. The number of alkyl carbamates (subject to hydrolysis) is 1. The van der Waals surface area contributed by atoms with Gasteiger partial charge in [0.05, 0.1) is 11.6 Å². The molecular weight excluding hydrogens is 351 g/mol. The Morgan fingerprint density at radius 1 is 1.27 bits per heavy atom. The van der Waals surface area contributed by atoms with E-state index in [0.717, 1.165) is 17.7 Å². The smallest absolute Gasteiger partial charge is 0.416 e. The van der Waals surface area contributed by atoms with Gasteiger partial charge in [-0.1, -0.05) is 12.1 Å². The molecule has 0 radical (unpaired) electrons. The van der Waals surface area contributed by atoms with Crippen LogP contribution in [0.5, 0.6) is 0 Å². The fourth-order valence-electron chi connectivity index (χ4n) is 2.92. The zero-order valence-corrected chi connectivity index (χ0v) is 14.0. The number of nitrogens with one attached hydrogen (secondary N) is 2. The Kier molecular flexibility index (Phi) is 5.36. The van der Waals surface area contributed by atoms with Crippen molar-refractivity contribution in [2.24, 2.45) is 0 Å². The number of alkyl halides is 3. The Bertz CT molecular complexity index is 657. The molecule has 2 fully saturated rings. The second-order valence-electron chi connectivity index (χ2n) is 6.55. The summed E-state index contributed by atoms with van der Waals surface area (Å²) >= 11 is 0. The molecular formula is C17H20F3N3O3. The SMILES string of the molecule is O=C1N[C@H](CCC(=O)N2CC(NCc3ccc(C(F)(F)F)cc3)C2)CO1. The van der Waals surface area contributed by atoms with Crippen LogP contribution in [0, 0.1) is 0 Å². The summed E-state index contributed by atoms with van der Waals surface area (Å²) < 4.78 is 42.3. The van der Waals surface area contributed by atoms with Gasteiger partial charge in [-0.3, -0.25) is 4.79 Å². The van der Waals surface area contributed by atoms with E-state index in [1.54, 1.807) is 4.90 Å². The van der Waals surface area contributed by atoms with Crippen LogP contribution in [-0.2, 0) is 22.3 Å². The summed E-state index contributed by atoms with van der Waals surface area (Å²) in [6, 6.07) is 5.07. The molecule has 2 heterocycles. The molecule has 9 heteroatoms. The van der Waals surface area contributed by atoms with Crippen molar-refractivity contribution in [1.29, 1.82) is 0 Å². The van der Waals surface area contributed by atoms with E-state index in [4.69, 9.17) is 4.74 Å². The molecule has 1 aromatic carbocycles. The first-order valence-corrected chi connectivity index (χ1v) is 8.42. The second kappa shape index (κ2) is 7.53. The van der Waals surface area contributed by atoms with Gasteiger partial charge >= 0.3 is 12.3 Å². The zero-order valence-electron chi connectivity index (χ0n) is 14.0. The van der Waals surface area contributed by atoms with Gasteiger partial charge in [-0.25, -0.2) is 4.79 Å². The average Bonchev–Trinajstić information content (AvgIpc) is 2.96. The summed E-state index contributed by atoms with van der Waals surface area (Å²) in [5, 5.41) is 5.86. The van der Waals surface area contributed by atoms with Crippen molar-refractivity contribution in [2.45, 2.75) is 37.6 Å². The maximum Gasteiger partial charge on any atom is 0.416 e. The highest BCUT2D eigenvalue weighted by molar-refractivity contribution is 5.77. The Morgan fingerprint density at radius 2 is 1.96 bits per heavy atom. The van der Waals surface area contributed by atoms with E-state index in [9.17, 15) is 22.8 Å². The van der Waals surface area contributed by atoms with Gasteiger partial charge in [0, 0.05) is 32.1 Å². The van der Waals surface area contributed by atoms with Gasteiger partial charge in [-0.05, 0) is 24.1 Å². The van der Waals surface area contributed by atoms with Gasteiger partial charge in [0.1, 0.15) is 6.61 Å².